The van der Waals surface area contributed by atoms with E-state index in [2.05, 4.69) is 74.8 Å². The van der Waals surface area contributed by atoms with Crippen LogP contribution in [0.4, 0.5) is 26.3 Å². The Kier molecular flexibility index (Phi) is 31.9. The van der Waals surface area contributed by atoms with Crippen LogP contribution < -0.4 is 33.5 Å². The summed E-state index contributed by atoms with van der Waals surface area (Å²) in [4.78, 5) is 87.4. The van der Waals surface area contributed by atoms with E-state index in [0.29, 0.717) is 116 Å². The number of aliphatic imine (C=N–C) groups is 3. The van der Waals surface area contributed by atoms with Crippen molar-refractivity contribution in [3.63, 3.8) is 0 Å². The third kappa shape index (κ3) is 22.3. The number of halogens is 6. The van der Waals surface area contributed by atoms with Gasteiger partial charge in [-0.25, -0.2) is 50.2 Å². The average molecular weight is 1560 g/mol. The number of hydrogen-bond donors (Lipinski definition) is 6. The first-order valence-corrected chi connectivity index (χ1v) is 38.9. The van der Waals surface area contributed by atoms with Gasteiger partial charge >= 0.3 is 12.6 Å². The Morgan fingerprint density at radius 1 is 0.477 bits per heavy atom. The molecule has 0 amide bonds. The smallest absolute Gasteiger partial charge is 0.365 e. The third-order valence-corrected chi connectivity index (χ3v) is 22.3. The van der Waals surface area contributed by atoms with Gasteiger partial charge in [0.1, 0.15) is 17.3 Å². The van der Waals surface area contributed by atoms with Gasteiger partial charge in [0.2, 0.25) is 0 Å². The van der Waals surface area contributed by atoms with E-state index in [0.717, 1.165) is 66.2 Å². The number of likely N-dealkylation sites (tertiary alicyclic amines) is 3. The third-order valence-electron chi connectivity index (χ3n) is 22.3. The number of guanidine groups is 3. The second kappa shape index (κ2) is 39.8. The van der Waals surface area contributed by atoms with Gasteiger partial charge in [0.15, 0.2) is 15.1 Å². The highest BCUT2D eigenvalue weighted by Gasteiger charge is 2.52. The minimum Gasteiger partial charge on any atom is -0.365 e. The first-order chi connectivity index (χ1) is 52.6. The molecule has 3 aliphatic carbocycles. The number of carbonyl (C=O) groups excluding carboxylic acids is 3. The molecule has 6 heterocycles. The molecule has 12 atom stereocenters. The maximum Gasteiger partial charge on any atom is 0.488 e. The molecule has 6 aromatic rings. The number of aromatic nitrogens is 3. The maximum atomic E-state index is 14.2. The van der Waals surface area contributed by atoms with Crippen molar-refractivity contribution in [2.75, 3.05) is 53.4 Å². The van der Waals surface area contributed by atoms with Crippen LogP contribution in [0.25, 0.3) is 32.7 Å². The lowest BCUT2D eigenvalue weighted by Gasteiger charge is -2.47. The lowest BCUT2D eigenvalue weighted by Crippen LogP contribution is -2.57. The number of nitrogens with one attached hydrogen (secondary N) is 3. The lowest BCUT2D eigenvalue weighted by molar-refractivity contribution is -0.525. The maximum absolute atomic E-state index is 14.2. The quantitative estimate of drug-likeness (QED) is 0.00623. The molecular weight excluding hydrogens is 1450 g/mol. The van der Waals surface area contributed by atoms with Crippen molar-refractivity contribution < 1.29 is 55.8 Å². The number of nitro groups is 3. The van der Waals surface area contributed by atoms with Gasteiger partial charge in [0, 0.05) is 172 Å². The molecule has 3 aliphatic heterocycles. The number of fused-ring (bicyclic) bond motifs is 6. The number of rotatable bonds is 24. The van der Waals surface area contributed by atoms with Gasteiger partial charge in [-0.1, -0.05) is 115 Å². The average Bonchev–Trinajstić information content (AvgIpc) is 1.67. The van der Waals surface area contributed by atoms with Crippen LogP contribution in [0.1, 0.15) is 190 Å². The second-order valence-corrected chi connectivity index (χ2v) is 29.8. The summed E-state index contributed by atoms with van der Waals surface area (Å²) < 4.78 is 88.0. The number of alkyl halides is 6. The van der Waals surface area contributed by atoms with Crippen molar-refractivity contribution >= 4 is 67.9 Å². The highest BCUT2D eigenvalue weighted by molar-refractivity contribution is 5.92. The molecule has 0 spiro atoms. The molecule has 612 valence electrons. The number of hydrazine groups is 3. The van der Waals surface area contributed by atoms with Crippen LogP contribution in [0.2, 0.25) is 0 Å². The molecule has 0 radical (unpaired) electrons. The van der Waals surface area contributed by atoms with Crippen molar-refractivity contribution in [1.82, 2.24) is 44.7 Å². The lowest BCUT2D eigenvalue weighted by atomic mass is 9.71. The zero-order valence-corrected chi connectivity index (χ0v) is 66.2. The topological polar surface area (TPSA) is 356 Å². The molecular formula is C78H114F6N18O9. The van der Waals surface area contributed by atoms with Crippen LogP contribution in [-0.4, -0.2) is 157 Å². The number of nitrogens with two attached hydrogens (primary N) is 3. The van der Waals surface area contributed by atoms with Crippen LogP contribution in [0.3, 0.4) is 0 Å². The Balaban J connectivity index is 0.000000224. The number of ketones is 3. The predicted octanol–water partition coefficient (Wildman–Crippen LogP) is 12.7. The standard InChI is InChI=1S/2C24H31F3N6O3.C24H34N6O3.3C2H6/c1-14(5-4-8-29-23(28)30-33(35)36)9-21(34)15-10-18-17-6-3-7-19-22(17)16(12-31(19)2)11-20(18)32(13-15)24(25,26)27;1-14(5-4-8-29-23(28)30-33(35)36)9-21(34)15-10-18-17-6-3-7-19-22(17)16(11-20(18)31(2)12-15)13-32(19)24(25,26)27;1-15(6-5-9-26-24(25)27-30(32)33)10-22(31)16-11-19-18-7-4-8-20-23(18)17(14-28(20)2)12-21(19)29(3)13-16;3*1-2/h3,6-7,12,14-15,18,20H,4-5,8-11,13H2,1-2H3,(H3,28,29,30);3,6-7,13-15,18,20H,4-5,8-12H2,1-2H3,(H3,28,29,30);4,7-8,14-16,19,21H,5-6,9-13H2,1-3H3,(H3,25,26,27);3*1-2H3/t2*14-,15-,18-,20-;15-,16-,19-,21-;;;/m111.../s1. The van der Waals surface area contributed by atoms with E-state index in [1.54, 1.807) is 16.9 Å². The second-order valence-electron chi connectivity index (χ2n) is 29.8. The van der Waals surface area contributed by atoms with Gasteiger partial charge in [0.25, 0.3) is 17.9 Å². The van der Waals surface area contributed by atoms with Gasteiger partial charge in [-0.2, -0.15) is 13.2 Å². The molecule has 0 saturated carbocycles. The molecule has 3 saturated heterocycles. The largest absolute Gasteiger partial charge is 0.488 e. The van der Waals surface area contributed by atoms with Gasteiger partial charge in [-0.15, -0.1) is 13.2 Å². The highest BCUT2D eigenvalue weighted by Crippen LogP contribution is 2.51. The molecule has 27 nitrogen and oxygen atoms in total. The fourth-order valence-corrected chi connectivity index (χ4v) is 17.6. The van der Waals surface area contributed by atoms with Gasteiger partial charge in [-0.3, -0.25) is 19.0 Å². The number of Topliss-reactive ketones (excluding diaryl/α,β-unsaturated/α-hetero) is 3. The van der Waals surface area contributed by atoms with E-state index >= 15 is 0 Å². The van der Waals surface area contributed by atoms with Gasteiger partial charge in [-0.05, 0) is 160 Å². The van der Waals surface area contributed by atoms with E-state index in [4.69, 9.17) is 17.2 Å². The summed E-state index contributed by atoms with van der Waals surface area (Å²) in [6.07, 6.45) is 5.49. The van der Waals surface area contributed by atoms with E-state index < -0.39 is 39.7 Å². The number of likely N-dealkylation sites (N-methyl/N-ethyl adjacent to an activating group) is 2. The molecule has 12 rings (SSSR count). The van der Waals surface area contributed by atoms with Crippen molar-refractivity contribution in [2.24, 2.45) is 81.8 Å². The molecule has 3 aromatic heterocycles. The molecule has 3 fully saturated rings. The summed E-state index contributed by atoms with van der Waals surface area (Å²) in [7, 11) is 8.13. The summed E-state index contributed by atoms with van der Waals surface area (Å²) in [5, 5.41) is 31.8. The van der Waals surface area contributed by atoms with Crippen LogP contribution in [0, 0.1) is 65.9 Å². The molecule has 33 heteroatoms. The monoisotopic (exact) mass is 1560 g/mol. The minimum atomic E-state index is -4.52. The Labute approximate surface area is 645 Å². The summed E-state index contributed by atoms with van der Waals surface area (Å²) in [5.41, 5.74) is 30.3. The number of benzene rings is 3. The number of piperidine rings is 3. The normalized spacial score (nSPS) is 22.4. The number of aryl methyl sites for hydroxylation is 2. The van der Waals surface area contributed by atoms with E-state index in [9.17, 15) is 71.1 Å². The fraction of sp³-hybridized carbons (Fsp3) is 0.615. The highest BCUT2D eigenvalue weighted by atomic mass is 19.4. The summed E-state index contributed by atoms with van der Waals surface area (Å²) in [6, 6.07) is 17.2. The van der Waals surface area contributed by atoms with Crippen LogP contribution in [0.15, 0.2) is 88.2 Å². The number of nitrogens with zero attached hydrogens (tertiary/aromatic N) is 12. The Hall–Kier alpha value is -9.24. The van der Waals surface area contributed by atoms with E-state index in [-0.39, 0.29) is 102 Å². The Bertz CT molecular complexity index is 4290. The zero-order valence-electron chi connectivity index (χ0n) is 66.2. The molecule has 111 heavy (non-hydrogen) atoms. The van der Waals surface area contributed by atoms with E-state index in [1.165, 1.54) is 34.3 Å². The zero-order chi connectivity index (χ0) is 82.1. The number of hydrogen-bond acceptors (Lipinski definition) is 15. The van der Waals surface area contributed by atoms with Crippen molar-refractivity contribution in [2.45, 2.75) is 207 Å². The van der Waals surface area contributed by atoms with E-state index in [1.807, 2.05) is 110 Å². The van der Waals surface area contributed by atoms with Crippen molar-refractivity contribution in [1.29, 1.82) is 0 Å². The first kappa shape index (κ1) is 89.0. The Morgan fingerprint density at radius 3 is 1.12 bits per heavy atom. The number of carbonyl (C=O) groups is 3. The molecule has 3 aromatic carbocycles. The van der Waals surface area contributed by atoms with Gasteiger partial charge in [0.05, 0.1) is 5.52 Å². The van der Waals surface area contributed by atoms with Gasteiger partial charge < -0.3 is 36.1 Å². The molecule has 6 aliphatic rings. The summed E-state index contributed by atoms with van der Waals surface area (Å²) in [5.74, 6) is -0.878. The van der Waals surface area contributed by atoms with Crippen LogP contribution in [-0.2, 0) is 54.0 Å². The first-order valence-electron chi connectivity index (χ1n) is 38.9. The molecule has 0 unspecified atom stereocenters. The van der Waals surface area contributed by atoms with Crippen LogP contribution in [0.5, 0.6) is 0 Å². The molecule has 9 N–H and O–H groups in total. The Morgan fingerprint density at radius 2 is 0.784 bits per heavy atom. The summed E-state index contributed by atoms with van der Waals surface area (Å²) >= 11 is 0. The van der Waals surface area contributed by atoms with Crippen molar-refractivity contribution in [3.8, 4) is 0 Å². The summed E-state index contributed by atoms with van der Waals surface area (Å²) in [6.45, 7) is 20.0. The SMILES string of the molecule is CC.CC.CC.C[C@H](CCCN=C(N)N[N+](=O)[O-])CC(=O)[C@@H]1C[C@@H]2c3cccc4c3c(cn4C(F)(F)F)C[C@H]2N(C)C1.C[C@H](CCCN=C(N)N[N+](=O)[O-])CC(=O)[C@@H]1C[C@@H]2c3cccc4c3c(cn4C)C[C@H]2N(C(F)(F)F)C1.C[C@H](CCCN=C(N)N[N+](=O)[O-])CC(=O)[C@@H]1C[C@@H]2c3cccc4c3c(cn4C)C[C@H]2N(C)C1. The molecule has 0 bridgehead atoms. The van der Waals surface area contributed by atoms with Crippen LogP contribution >= 0.6 is 0 Å². The van der Waals surface area contributed by atoms with Crippen molar-refractivity contribution in [3.05, 3.63) is 137 Å². The minimum absolute atomic E-state index is 0.000280. The predicted molar refractivity (Wildman–Crippen MR) is 420 cm³/mol. The fourth-order valence-electron chi connectivity index (χ4n) is 17.6.